The zero-order valence-electron chi connectivity index (χ0n) is 11.5. The number of aldehydes is 1. The molecule has 0 spiro atoms. The van der Waals surface area contributed by atoms with Crippen LogP contribution in [0.3, 0.4) is 0 Å². The molecule has 2 rings (SSSR count). The number of carbonyl (C=O) groups is 1. The largest absolute Gasteiger partial charge is 0.298 e. The van der Waals surface area contributed by atoms with E-state index in [1.807, 2.05) is 30.3 Å². The molecule has 112 valence electrons. The summed E-state index contributed by atoms with van der Waals surface area (Å²) >= 11 is 6.13. The van der Waals surface area contributed by atoms with Crippen LogP contribution in [0.5, 0.6) is 0 Å². The Morgan fingerprint density at radius 1 is 1.29 bits per heavy atom. The van der Waals surface area contributed by atoms with Crippen LogP contribution in [0.1, 0.15) is 17.3 Å². The van der Waals surface area contributed by atoms with Crippen molar-refractivity contribution in [2.75, 3.05) is 11.5 Å². The molecule has 0 bridgehead atoms. The zero-order chi connectivity index (χ0) is 15.5. The van der Waals surface area contributed by atoms with Crippen LogP contribution in [0.15, 0.2) is 30.3 Å². The highest BCUT2D eigenvalue weighted by Crippen LogP contribution is 2.27. The van der Waals surface area contributed by atoms with Gasteiger partial charge in [0.2, 0.25) is 0 Å². The smallest absolute Gasteiger partial charge is 0.155 e. The minimum absolute atomic E-state index is 0.0581. The van der Waals surface area contributed by atoms with Crippen molar-refractivity contribution in [3.05, 3.63) is 41.0 Å². The fraction of sp³-hybridized carbons (Fsp3) is 0.286. The summed E-state index contributed by atoms with van der Waals surface area (Å²) in [5, 5.41) is 4.44. The van der Waals surface area contributed by atoms with E-state index in [-0.39, 0.29) is 28.8 Å². The van der Waals surface area contributed by atoms with Crippen molar-refractivity contribution in [2.45, 2.75) is 13.5 Å². The van der Waals surface area contributed by atoms with Gasteiger partial charge in [0, 0.05) is 11.3 Å². The molecule has 0 radical (unpaired) electrons. The van der Waals surface area contributed by atoms with Crippen molar-refractivity contribution in [3.63, 3.8) is 0 Å². The molecule has 0 aliphatic rings. The van der Waals surface area contributed by atoms with E-state index in [4.69, 9.17) is 11.6 Å². The van der Waals surface area contributed by atoms with E-state index < -0.39 is 9.84 Å². The second kappa shape index (κ2) is 6.41. The lowest BCUT2D eigenvalue weighted by atomic mass is 10.1. The van der Waals surface area contributed by atoms with Crippen LogP contribution in [0.2, 0.25) is 5.15 Å². The fourth-order valence-corrected chi connectivity index (χ4v) is 2.88. The van der Waals surface area contributed by atoms with Gasteiger partial charge in [-0.25, -0.2) is 8.42 Å². The Balaban J connectivity index is 2.37. The molecule has 0 unspecified atom stereocenters. The first kappa shape index (κ1) is 15.7. The number of hydrogen-bond acceptors (Lipinski definition) is 4. The number of benzene rings is 1. The molecule has 21 heavy (non-hydrogen) atoms. The maximum atomic E-state index is 11.6. The number of sulfone groups is 1. The van der Waals surface area contributed by atoms with E-state index in [1.54, 1.807) is 6.92 Å². The van der Waals surface area contributed by atoms with Gasteiger partial charge in [0.15, 0.2) is 16.1 Å². The molecule has 0 saturated heterocycles. The summed E-state index contributed by atoms with van der Waals surface area (Å²) in [5.74, 6) is 0.00932. The van der Waals surface area contributed by atoms with E-state index in [2.05, 4.69) is 5.10 Å². The van der Waals surface area contributed by atoms with E-state index in [9.17, 15) is 13.2 Å². The molecule has 0 aliphatic carbocycles. The average Bonchev–Trinajstić information content (AvgIpc) is 2.82. The fourth-order valence-electron chi connectivity index (χ4n) is 1.89. The SMILES string of the molecule is CCS(=O)(=O)CCn1nc(-c2ccccc2)c(C=O)c1Cl. The Labute approximate surface area is 128 Å². The molecule has 0 fully saturated rings. The molecule has 0 N–H and O–H groups in total. The van der Waals surface area contributed by atoms with Crippen LogP contribution in [0.25, 0.3) is 11.3 Å². The zero-order valence-corrected chi connectivity index (χ0v) is 13.1. The van der Waals surface area contributed by atoms with Crippen LogP contribution in [0, 0.1) is 0 Å². The van der Waals surface area contributed by atoms with Crippen molar-refractivity contribution in [1.29, 1.82) is 0 Å². The Hall–Kier alpha value is -1.66. The summed E-state index contributed by atoms with van der Waals surface area (Å²) in [6.07, 6.45) is 0.641. The summed E-state index contributed by atoms with van der Waals surface area (Å²) < 4.78 is 24.5. The van der Waals surface area contributed by atoms with Gasteiger partial charge in [-0.2, -0.15) is 5.10 Å². The minimum Gasteiger partial charge on any atom is -0.298 e. The third-order valence-electron chi connectivity index (χ3n) is 3.14. The summed E-state index contributed by atoms with van der Waals surface area (Å²) in [4.78, 5) is 11.2. The van der Waals surface area contributed by atoms with Crippen molar-refractivity contribution in [1.82, 2.24) is 9.78 Å². The quantitative estimate of drug-likeness (QED) is 0.765. The highest BCUT2D eigenvalue weighted by molar-refractivity contribution is 7.91. The van der Waals surface area contributed by atoms with Crippen LogP contribution in [0.4, 0.5) is 0 Å². The maximum absolute atomic E-state index is 11.6. The minimum atomic E-state index is -3.12. The molecule has 1 heterocycles. The summed E-state index contributed by atoms with van der Waals surface area (Å²) in [6, 6.07) is 9.16. The first-order valence-corrected chi connectivity index (χ1v) is 8.65. The molecule has 2 aromatic rings. The van der Waals surface area contributed by atoms with Crippen LogP contribution < -0.4 is 0 Å². The lowest BCUT2D eigenvalue weighted by molar-refractivity contribution is 0.112. The average molecular weight is 327 g/mol. The second-order valence-corrected chi connectivity index (χ2v) is 7.33. The third kappa shape index (κ3) is 3.51. The summed E-state index contributed by atoms with van der Waals surface area (Å²) in [5.41, 5.74) is 1.50. The molecule has 5 nitrogen and oxygen atoms in total. The number of nitrogens with zero attached hydrogens (tertiary/aromatic N) is 2. The van der Waals surface area contributed by atoms with Gasteiger partial charge in [-0.1, -0.05) is 48.9 Å². The first-order chi connectivity index (χ1) is 9.98. The van der Waals surface area contributed by atoms with Crippen LogP contribution >= 0.6 is 11.6 Å². The van der Waals surface area contributed by atoms with E-state index in [0.717, 1.165) is 5.56 Å². The molecule has 1 aromatic carbocycles. The molecular formula is C14H15ClN2O3S. The predicted molar refractivity (Wildman–Crippen MR) is 82.4 cm³/mol. The number of rotatable bonds is 6. The van der Waals surface area contributed by atoms with Gasteiger partial charge in [-0.15, -0.1) is 0 Å². The monoisotopic (exact) mass is 326 g/mol. The number of carbonyl (C=O) groups excluding carboxylic acids is 1. The standard InChI is InChI=1S/C14H15ClN2O3S/c1-2-21(19,20)9-8-17-14(15)12(10-18)13(16-17)11-6-4-3-5-7-11/h3-7,10H,2,8-9H2,1H3. The second-order valence-electron chi connectivity index (χ2n) is 4.50. The molecular weight excluding hydrogens is 312 g/mol. The summed E-state index contributed by atoms with van der Waals surface area (Å²) in [7, 11) is -3.12. The molecule has 7 heteroatoms. The van der Waals surface area contributed by atoms with E-state index in [0.29, 0.717) is 12.0 Å². The lowest BCUT2D eigenvalue weighted by Gasteiger charge is -2.03. The highest BCUT2D eigenvalue weighted by atomic mass is 35.5. The van der Waals surface area contributed by atoms with Gasteiger partial charge in [0.1, 0.15) is 10.8 Å². The number of aryl methyl sites for hydroxylation is 1. The highest BCUT2D eigenvalue weighted by Gasteiger charge is 2.18. The van der Waals surface area contributed by atoms with Gasteiger partial charge >= 0.3 is 0 Å². The van der Waals surface area contributed by atoms with E-state index in [1.165, 1.54) is 4.68 Å². The van der Waals surface area contributed by atoms with Gasteiger partial charge in [-0.3, -0.25) is 9.48 Å². The summed E-state index contributed by atoms with van der Waals surface area (Å²) in [6.45, 7) is 1.72. The lowest BCUT2D eigenvalue weighted by Crippen LogP contribution is -2.15. The third-order valence-corrected chi connectivity index (χ3v) is 5.23. The Morgan fingerprint density at radius 2 is 1.95 bits per heavy atom. The first-order valence-electron chi connectivity index (χ1n) is 6.46. The van der Waals surface area contributed by atoms with Crippen molar-refractivity contribution >= 4 is 27.7 Å². The molecule has 0 atom stereocenters. The normalized spacial score (nSPS) is 11.5. The van der Waals surface area contributed by atoms with Gasteiger partial charge < -0.3 is 0 Å². The molecule has 0 aliphatic heterocycles. The Morgan fingerprint density at radius 3 is 2.52 bits per heavy atom. The topological polar surface area (TPSA) is 69.0 Å². The number of hydrogen-bond donors (Lipinski definition) is 0. The van der Waals surface area contributed by atoms with Crippen LogP contribution in [-0.4, -0.2) is 36.0 Å². The van der Waals surface area contributed by atoms with Crippen LogP contribution in [-0.2, 0) is 16.4 Å². The van der Waals surface area contributed by atoms with Gasteiger partial charge in [-0.05, 0) is 0 Å². The van der Waals surface area contributed by atoms with Crippen molar-refractivity contribution < 1.29 is 13.2 Å². The van der Waals surface area contributed by atoms with E-state index >= 15 is 0 Å². The van der Waals surface area contributed by atoms with Gasteiger partial charge in [0.05, 0.1) is 17.9 Å². The Bertz CT molecular complexity index is 739. The molecule has 0 saturated carbocycles. The van der Waals surface area contributed by atoms with Crippen molar-refractivity contribution in [3.8, 4) is 11.3 Å². The maximum Gasteiger partial charge on any atom is 0.155 e. The Kier molecular flexibility index (Phi) is 4.80. The van der Waals surface area contributed by atoms with Gasteiger partial charge in [0.25, 0.3) is 0 Å². The number of halogens is 1. The predicted octanol–water partition coefficient (Wildman–Crippen LogP) is 2.45. The molecule has 0 amide bonds. The van der Waals surface area contributed by atoms with Crippen molar-refractivity contribution in [2.24, 2.45) is 0 Å². The number of aromatic nitrogens is 2. The molecule has 1 aromatic heterocycles.